The van der Waals surface area contributed by atoms with Crippen LogP contribution in [-0.2, 0) is 6.54 Å². The maximum Gasteiger partial charge on any atom is 0.344 e. The van der Waals surface area contributed by atoms with Gasteiger partial charge in [0, 0.05) is 18.0 Å². The molecule has 6 heteroatoms. The summed E-state index contributed by atoms with van der Waals surface area (Å²) in [5.74, 6) is 1.99. The highest BCUT2D eigenvalue weighted by Gasteiger charge is 2.28. The first kappa shape index (κ1) is 19.9. The van der Waals surface area contributed by atoms with Crippen LogP contribution in [0.2, 0.25) is 0 Å². The molecule has 0 spiro atoms. The molecule has 2 aliphatic rings. The Labute approximate surface area is 181 Å². The van der Waals surface area contributed by atoms with Gasteiger partial charge in [0.2, 0.25) is 0 Å². The van der Waals surface area contributed by atoms with Gasteiger partial charge in [0.25, 0.3) is 0 Å². The van der Waals surface area contributed by atoms with E-state index in [1.165, 1.54) is 32.1 Å². The van der Waals surface area contributed by atoms with Crippen molar-refractivity contribution in [1.82, 2.24) is 4.90 Å². The minimum Gasteiger partial charge on any atom is -0.493 e. The molecule has 1 aromatic heterocycles. The average Bonchev–Trinajstić information content (AvgIpc) is 2.83. The Morgan fingerprint density at radius 1 is 0.968 bits per heavy atom. The van der Waals surface area contributed by atoms with Crippen LogP contribution >= 0.6 is 0 Å². The highest BCUT2D eigenvalue weighted by Crippen LogP contribution is 2.36. The molecule has 3 aromatic rings. The van der Waals surface area contributed by atoms with Gasteiger partial charge in [0.1, 0.15) is 18.1 Å². The van der Waals surface area contributed by atoms with Crippen LogP contribution in [0.25, 0.3) is 22.1 Å². The monoisotopic (exact) mass is 421 g/mol. The van der Waals surface area contributed by atoms with E-state index in [1.54, 1.807) is 26.4 Å². The number of nitrogens with zero attached hydrogens (tertiary/aromatic N) is 1. The summed E-state index contributed by atoms with van der Waals surface area (Å²) >= 11 is 0. The van der Waals surface area contributed by atoms with Gasteiger partial charge >= 0.3 is 5.63 Å². The lowest BCUT2D eigenvalue weighted by atomic mass is 9.93. The number of rotatable bonds is 4. The van der Waals surface area contributed by atoms with Gasteiger partial charge in [0.15, 0.2) is 11.5 Å². The fourth-order valence-corrected chi connectivity index (χ4v) is 4.80. The summed E-state index contributed by atoms with van der Waals surface area (Å²) in [5.41, 5.74) is 2.43. The molecule has 1 aliphatic carbocycles. The first-order valence-corrected chi connectivity index (χ1v) is 10.9. The van der Waals surface area contributed by atoms with E-state index in [4.69, 9.17) is 18.6 Å². The van der Waals surface area contributed by atoms with Gasteiger partial charge < -0.3 is 18.6 Å². The van der Waals surface area contributed by atoms with Gasteiger partial charge in [-0.25, -0.2) is 4.79 Å². The molecule has 31 heavy (non-hydrogen) atoms. The summed E-state index contributed by atoms with van der Waals surface area (Å²) in [6, 6.07) is 11.8. The molecule has 0 radical (unpaired) electrons. The molecule has 0 N–H and O–H groups in total. The summed E-state index contributed by atoms with van der Waals surface area (Å²) in [6.45, 7) is 1.34. The van der Waals surface area contributed by atoms with Crippen LogP contribution in [0.5, 0.6) is 17.2 Å². The quantitative estimate of drug-likeness (QED) is 0.555. The Hall–Kier alpha value is -2.99. The van der Waals surface area contributed by atoms with Crippen LogP contribution in [0, 0.1) is 0 Å². The molecule has 0 unspecified atom stereocenters. The lowest BCUT2D eigenvalue weighted by molar-refractivity contribution is 0.0406. The summed E-state index contributed by atoms with van der Waals surface area (Å²) in [5, 5.41) is 0.886. The minimum atomic E-state index is -0.372. The molecule has 0 atom stereocenters. The van der Waals surface area contributed by atoms with Crippen LogP contribution in [0.1, 0.15) is 37.7 Å². The zero-order valence-corrected chi connectivity index (χ0v) is 18.0. The largest absolute Gasteiger partial charge is 0.493 e. The lowest BCUT2D eigenvalue weighted by Gasteiger charge is -2.37. The summed E-state index contributed by atoms with van der Waals surface area (Å²) in [6.07, 6.45) is 6.27. The zero-order chi connectivity index (χ0) is 21.4. The van der Waals surface area contributed by atoms with Crippen LogP contribution < -0.4 is 19.8 Å². The molecule has 2 aromatic carbocycles. The van der Waals surface area contributed by atoms with Crippen LogP contribution in [0.4, 0.5) is 0 Å². The Kier molecular flexibility index (Phi) is 5.32. The summed E-state index contributed by atoms with van der Waals surface area (Å²) in [4.78, 5) is 15.3. The molecule has 0 bridgehead atoms. The van der Waals surface area contributed by atoms with Gasteiger partial charge in [-0.1, -0.05) is 25.3 Å². The Morgan fingerprint density at radius 3 is 2.55 bits per heavy atom. The second-order valence-electron chi connectivity index (χ2n) is 8.29. The second kappa shape index (κ2) is 8.27. The van der Waals surface area contributed by atoms with E-state index in [-0.39, 0.29) is 5.63 Å². The molecule has 1 saturated carbocycles. The number of ether oxygens (including phenoxy) is 3. The Bertz CT molecular complexity index is 1160. The number of hydrogen-bond donors (Lipinski definition) is 0. The number of benzene rings is 2. The van der Waals surface area contributed by atoms with Crippen molar-refractivity contribution >= 4 is 11.0 Å². The third kappa shape index (κ3) is 3.65. The molecular weight excluding hydrogens is 394 g/mol. The third-order valence-corrected chi connectivity index (χ3v) is 6.50. The molecule has 5 rings (SSSR count). The number of hydrogen-bond acceptors (Lipinski definition) is 6. The van der Waals surface area contributed by atoms with E-state index in [0.29, 0.717) is 35.4 Å². The van der Waals surface area contributed by atoms with Gasteiger partial charge in [-0.2, -0.15) is 0 Å². The van der Waals surface area contributed by atoms with Gasteiger partial charge in [-0.05, 0) is 48.7 Å². The molecule has 1 aliphatic heterocycles. The van der Waals surface area contributed by atoms with Gasteiger partial charge in [0.05, 0.1) is 25.3 Å². The van der Waals surface area contributed by atoms with Crippen molar-refractivity contribution in [2.45, 2.75) is 44.7 Å². The molecule has 0 amide bonds. The zero-order valence-electron chi connectivity index (χ0n) is 18.0. The fraction of sp³-hybridized carbons (Fsp3) is 0.400. The van der Waals surface area contributed by atoms with Crippen molar-refractivity contribution in [2.75, 3.05) is 21.0 Å². The van der Waals surface area contributed by atoms with Crippen LogP contribution in [-0.4, -0.2) is 31.9 Å². The first-order valence-electron chi connectivity index (χ1n) is 10.9. The molecule has 6 nitrogen and oxygen atoms in total. The standard InChI is InChI=1S/C25H27NO5/c1-28-22-11-8-16(13-23(22)29-2)19-12-17-9-10-21-20(24(17)31-25(19)27)14-26(15-30-21)18-6-4-3-5-7-18/h8-13,18H,3-7,14-15H2,1-2H3. The normalized spacial score (nSPS) is 17.2. The molecule has 1 fully saturated rings. The maximum absolute atomic E-state index is 13.0. The molecule has 162 valence electrons. The van der Waals surface area contributed by atoms with Crippen molar-refractivity contribution < 1.29 is 18.6 Å². The predicted molar refractivity (Wildman–Crippen MR) is 119 cm³/mol. The van der Waals surface area contributed by atoms with E-state index in [2.05, 4.69) is 4.90 Å². The summed E-state index contributed by atoms with van der Waals surface area (Å²) in [7, 11) is 3.17. The lowest BCUT2D eigenvalue weighted by Crippen LogP contribution is -2.41. The average molecular weight is 421 g/mol. The second-order valence-corrected chi connectivity index (χ2v) is 8.29. The summed E-state index contributed by atoms with van der Waals surface area (Å²) < 4.78 is 22.6. The van der Waals surface area contributed by atoms with Crippen molar-refractivity contribution in [2.24, 2.45) is 0 Å². The van der Waals surface area contributed by atoms with E-state index < -0.39 is 0 Å². The minimum absolute atomic E-state index is 0.372. The Morgan fingerprint density at radius 2 is 1.77 bits per heavy atom. The van der Waals surface area contributed by atoms with E-state index in [1.807, 2.05) is 24.3 Å². The predicted octanol–water partition coefficient (Wildman–Crippen LogP) is 4.96. The third-order valence-electron chi connectivity index (χ3n) is 6.50. The van der Waals surface area contributed by atoms with Gasteiger partial charge in [-0.3, -0.25) is 4.90 Å². The number of fused-ring (bicyclic) bond motifs is 3. The van der Waals surface area contributed by atoms with Crippen molar-refractivity contribution in [3.63, 3.8) is 0 Å². The highest BCUT2D eigenvalue weighted by molar-refractivity contribution is 5.86. The topological polar surface area (TPSA) is 61.1 Å². The van der Waals surface area contributed by atoms with Crippen molar-refractivity contribution in [1.29, 1.82) is 0 Å². The smallest absolute Gasteiger partial charge is 0.344 e. The van der Waals surface area contributed by atoms with E-state index in [0.717, 1.165) is 28.8 Å². The van der Waals surface area contributed by atoms with Crippen LogP contribution in [0.3, 0.4) is 0 Å². The van der Waals surface area contributed by atoms with Crippen molar-refractivity contribution in [3.05, 3.63) is 52.4 Å². The Balaban J connectivity index is 1.54. The van der Waals surface area contributed by atoms with Crippen molar-refractivity contribution in [3.8, 4) is 28.4 Å². The van der Waals surface area contributed by atoms with E-state index >= 15 is 0 Å². The molecular formula is C25H27NO5. The maximum atomic E-state index is 13.0. The number of methoxy groups -OCH3 is 2. The fourth-order valence-electron chi connectivity index (χ4n) is 4.80. The van der Waals surface area contributed by atoms with Crippen LogP contribution in [0.15, 0.2) is 45.6 Å². The van der Waals surface area contributed by atoms with Gasteiger partial charge in [-0.15, -0.1) is 0 Å². The highest BCUT2D eigenvalue weighted by atomic mass is 16.5. The molecule has 0 saturated heterocycles. The molecule has 2 heterocycles. The first-order chi connectivity index (χ1) is 15.2. The SMILES string of the molecule is COc1ccc(-c2cc3ccc4c(c3oc2=O)CN(C2CCCCC2)CO4)cc1OC. The van der Waals surface area contributed by atoms with E-state index in [9.17, 15) is 4.79 Å².